The second-order valence-corrected chi connectivity index (χ2v) is 7.32. The lowest BCUT2D eigenvalue weighted by Crippen LogP contribution is -2.43. The van der Waals surface area contributed by atoms with E-state index in [0.29, 0.717) is 18.8 Å². The Morgan fingerprint density at radius 2 is 1.93 bits per heavy atom. The number of carbonyl (C=O) groups is 2. The molecule has 144 valence electrons. The molecule has 1 aliphatic heterocycles. The van der Waals surface area contributed by atoms with Gasteiger partial charge in [0.1, 0.15) is 5.82 Å². The molecule has 6 nitrogen and oxygen atoms in total. The lowest BCUT2D eigenvalue weighted by atomic mass is 9.96. The van der Waals surface area contributed by atoms with Gasteiger partial charge in [-0.2, -0.15) is 0 Å². The summed E-state index contributed by atoms with van der Waals surface area (Å²) in [4.78, 5) is 31.6. The van der Waals surface area contributed by atoms with Gasteiger partial charge in [-0.25, -0.2) is 4.98 Å². The molecule has 0 saturated carbocycles. The largest absolute Gasteiger partial charge is 0.348 e. The Bertz CT molecular complexity index is 973. The van der Waals surface area contributed by atoms with Crippen LogP contribution in [-0.2, 0) is 18.4 Å². The summed E-state index contributed by atoms with van der Waals surface area (Å²) in [5.74, 6) is 0.249. The van der Waals surface area contributed by atoms with Crippen LogP contribution in [0.1, 0.15) is 40.6 Å². The smallest absolute Gasteiger partial charge is 0.296 e. The van der Waals surface area contributed by atoms with Gasteiger partial charge in [-0.1, -0.05) is 30.3 Å². The molecular weight excluding hydrogens is 352 g/mol. The minimum atomic E-state index is -0.444. The number of benzene rings is 1. The van der Waals surface area contributed by atoms with Crippen LogP contribution >= 0.6 is 0 Å². The van der Waals surface area contributed by atoms with Crippen molar-refractivity contribution in [1.82, 2.24) is 19.0 Å². The summed E-state index contributed by atoms with van der Waals surface area (Å²) in [6.07, 6.45) is 7.41. The van der Waals surface area contributed by atoms with Crippen LogP contribution in [0.15, 0.2) is 61.1 Å². The number of ketones is 1. The number of likely N-dealkylation sites (tertiary alicyclic amines) is 1. The first-order valence-corrected chi connectivity index (χ1v) is 9.63. The van der Waals surface area contributed by atoms with Crippen LogP contribution in [0, 0.1) is 0 Å². The number of carbonyl (C=O) groups excluding carboxylic acids is 2. The number of imidazole rings is 1. The van der Waals surface area contributed by atoms with Crippen molar-refractivity contribution in [3.05, 3.63) is 78.1 Å². The Hall–Kier alpha value is -3.15. The van der Waals surface area contributed by atoms with Crippen LogP contribution < -0.4 is 0 Å². The van der Waals surface area contributed by atoms with Crippen LogP contribution in [0.25, 0.3) is 0 Å². The fourth-order valence-electron chi connectivity index (χ4n) is 3.92. The van der Waals surface area contributed by atoms with Crippen LogP contribution in [-0.4, -0.2) is 43.8 Å². The Morgan fingerprint density at radius 1 is 1.11 bits per heavy atom. The number of aryl methyl sites for hydroxylation is 1. The van der Waals surface area contributed by atoms with Crippen molar-refractivity contribution in [2.45, 2.75) is 25.3 Å². The van der Waals surface area contributed by atoms with E-state index in [9.17, 15) is 9.59 Å². The number of piperidine rings is 1. The maximum atomic E-state index is 12.8. The Labute approximate surface area is 164 Å². The van der Waals surface area contributed by atoms with E-state index in [-0.39, 0.29) is 5.92 Å². The average Bonchev–Trinajstić information content (AvgIpc) is 3.36. The highest BCUT2D eigenvalue weighted by Crippen LogP contribution is 2.27. The molecule has 0 radical (unpaired) electrons. The van der Waals surface area contributed by atoms with E-state index < -0.39 is 11.7 Å². The molecule has 1 aliphatic rings. The molecule has 0 N–H and O–H groups in total. The maximum Gasteiger partial charge on any atom is 0.296 e. The van der Waals surface area contributed by atoms with Crippen molar-refractivity contribution in [2.24, 2.45) is 7.05 Å². The van der Waals surface area contributed by atoms with Crippen molar-refractivity contribution in [3.8, 4) is 0 Å². The quantitative estimate of drug-likeness (QED) is 0.508. The third-order valence-electron chi connectivity index (χ3n) is 5.39. The molecule has 1 amide bonds. The van der Waals surface area contributed by atoms with Crippen LogP contribution in [0.4, 0.5) is 0 Å². The highest BCUT2D eigenvalue weighted by atomic mass is 16.2. The molecule has 0 aliphatic carbocycles. The van der Waals surface area contributed by atoms with Gasteiger partial charge in [0.05, 0.1) is 5.69 Å². The lowest BCUT2D eigenvalue weighted by Gasteiger charge is -2.32. The first-order chi connectivity index (χ1) is 13.6. The average molecular weight is 376 g/mol. The molecule has 0 unspecified atom stereocenters. The number of hydrogen-bond donors (Lipinski definition) is 0. The van der Waals surface area contributed by atoms with Crippen LogP contribution in [0.2, 0.25) is 0 Å². The van der Waals surface area contributed by atoms with E-state index in [1.807, 2.05) is 30.6 Å². The number of rotatable bonds is 5. The van der Waals surface area contributed by atoms with Gasteiger partial charge in [0.25, 0.3) is 11.7 Å². The van der Waals surface area contributed by atoms with Gasteiger partial charge in [0.15, 0.2) is 0 Å². The number of nitrogens with zero attached hydrogens (tertiary/aromatic N) is 4. The molecule has 1 fully saturated rings. The monoisotopic (exact) mass is 376 g/mol. The number of hydrogen-bond acceptors (Lipinski definition) is 3. The molecular formula is C22H24N4O2. The maximum absolute atomic E-state index is 12.8. The molecule has 1 saturated heterocycles. The summed E-state index contributed by atoms with van der Waals surface area (Å²) >= 11 is 0. The molecule has 0 spiro atoms. The fraction of sp³-hybridized carbons (Fsp3) is 0.318. The zero-order valence-electron chi connectivity index (χ0n) is 16.0. The number of aromatic nitrogens is 3. The summed E-state index contributed by atoms with van der Waals surface area (Å²) in [7, 11) is 1.78. The normalized spacial score (nSPS) is 16.9. The van der Waals surface area contributed by atoms with Gasteiger partial charge in [-0.15, -0.1) is 0 Å². The summed E-state index contributed by atoms with van der Waals surface area (Å²) < 4.78 is 3.83. The van der Waals surface area contributed by atoms with Gasteiger partial charge >= 0.3 is 0 Å². The lowest BCUT2D eigenvalue weighted by molar-refractivity contribution is -0.127. The van der Waals surface area contributed by atoms with Crippen molar-refractivity contribution in [3.63, 3.8) is 0 Å². The van der Waals surface area contributed by atoms with E-state index in [4.69, 9.17) is 0 Å². The van der Waals surface area contributed by atoms with Gasteiger partial charge in [-0.05, 0) is 30.5 Å². The van der Waals surface area contributed by atoms with E-state index in [0.717, 1.165) is 25.2 Å². The molecule has 3 heterocycles. The molecule has 28 heavy (non-hydrogen) atoms. The van der Waals surface area contributed by atoms with Crippen molar-refractivity contribution in [1.29, 1.82) is 0 Å². The summed E-state index contributed by atoms with van der Waals surface area (Å²) in [6, 6.07) is 13.7. The minimum Gasteiger partial charge on any atom is -0.348 e. The third kappa shape index (κ3) is 3.63. The molecule has 1 atom stereocenters. The highest BCUT2D eigenvalue weighted by molar-refractivity contribution is 6.42. The van der Waals surface area contributed by atoms with Gasteiger partial charge in [-0.3, -0.25) is 9.59 Å². The van der Waals surface area contributed by atoms with Gasteiger partial charge in [0.2, 0.25) is 0 Å². The third-order valence-corrected chi connectivity index (χ3v) is 5.39. The van der Waals surface area contributed by atoms with Crippen molar-refractivity contribution < 1.29 is 9.59 Å². The molecule has 2 aromatic heterocycles. The summed E-state index contributed by atoms with van der Waals surface area (Å²) in [5, 5.41) is 0. The summed E-state index contributed by atoms with van der Waals surface area (Å²) in [5.41, 5.74) is 1.64. The fourth-order valence-corrected chi connectivity index (χ4v) is 3.92. The van der Waals surface area contributed by atoms with Crippen molar-refractivity contribution >= 4 is 11.7 Å². The zero-order valence-corrected chi connectivity index (χ0v) is 16.0. The van der Waals surface area contributed by atoms with E-state index in [1.165, 1.54) is 5.56 Å². The standard InChI is InChI=1S/C22H24N4O2/c1-24-12-6-10-19(24)20(27)22(28)26-13-5-9-18(16-26)21-23-11-14-25(21)15-17-7-3-2-4-8-17/h2-4,6-8,10-12,14,18H,5,9,13,15-16H2,1H3/t18-/m1/s1. The van der Waals surface area contributed by atoms with Crippen LogP contribution in [0.3, 0.4) is 0 Å². The summed E-state index contributed by atoms with van der Waals surface area (Å²) in [6.45, 7) is 1.90. The Morgan fingerprint density at radius 3 is 2.68 bits per heavy atom. The number of Topliss-reactive ketones (excluding diaryl/α,β-unsaturated/α-hetero) is 1. The number of amides is 1. The topological polar surface area (TPSA) is 60.1 Å². The van der Waals surface area contributed by atoms with E-state index in [2.05, 4.69) is 21.7 Å². The highest BCUT2D eigenvalue weighted by Gasteiger charge is 2.31. The molecule has 1 aromatic carbocycles. The Balaban J connectivity index is 1.49. The van der Waals surface area contributed by atoms with Crippen molar-refractivity contribution in [2.75, 3.05) is 13.1 Å². The first-order valence-electron chi connectivity index (χ1n) is 9.63. The van der Waals surface area contributed by atoms with Gasteiger partial charge in [0, 0.05) is 51.2 Å². The zero-order chi connectivity index (χ0) is 19.5. The minimum absolute atomic E-state index is 0.137. The first kappa shape index (κ1) is 18.2. The molecule has 4 rings (SSSR count). The molecule has 6 heteroatoms. The van der Waals surface area contributed by atoms with Gasteiger partial charge < -0.3 is 14.0 Å². The molecule has 3 aromatic rings. The predicted octanol–water partition coefficient (Wildman–Crippen LogP) is 2.86. The van der Waals surface area contributed by atoms with E-state index >= 15 is 0 Å². The van der Waals surface area contributed by atoms with E-state index in [1.54, 1.807) is 34.8 Å². The predicted molar refractivity (Wildman–Crippen MR) is 106 cm³/mol. The van der Waals surface area contributed by atoms with Crippen LogP contribution in [0.5, 0.6) is 0 Å². The molecule has 0 bridgehead atoms. The SMILES string of the molecule is Cn1cccc1C(=O)C(=O)N1CCC[C@@H](c2nccn2Cc2ccccc2)C1. The second kappa shape index (κ2) is 7.84. The second-order valence-electron chi connectivity index (χ2n) is 7.32. The Kier molecular flexibility index (Phi) is 5.10.